The number of aromatic nitrogens is 3. The summed E-state index contributed by atoms with van der Waals surface area (Å²) in [6, 6.07) is 5.79. The molecule has 1 aliphatic heterocycles. The van der Waals surface area contributed by atoms with Gasteiger partial charge in [-0.25, -0.2) is 15.0 Å². The summed E-state index contributed by atoms with van der Waals surface area (Å²) in [4.78, 5) is 29.7. The summed E-state index contributed by atoms with van der Waals surface area (Å²) in [6.45, 7) is 1.37. The average molecular weight is 499 g/mol. The molecule has 1 amide bonds. The number of amides is 1. The van der Waals surface area contributed by atoms with E-state index in [1.807, 2.05) is 36.8 Å². The van der Waals surface area contributed by atoms with Crippen LogP contribution in [-0.4, -0.2) is 69.5 Å². The molecule has 1 saturated heterocycles. The van der Waals surface area contributed by atoms with E-state index in [9.17, 15) is 9.90 Å². The Morgan fingerprint density at radius 2 is 2.03 bits per heavy atom. The zero-order valence-corrected chi connectivity index (χ0v) is 21.0. The first-order valence-electron chi connectivity index (χ1n) is 11.9. The van der Waals surface area contributed by atoms with Crippen LogP contribution in [0.2, 0.25) is 0 Å². The molecule has 0 spiro atoms. The quantitative estimate of drug-likeness (QED) is 0.495. The first kappa shape index (κ1) is 23.7. The molecule has 34 heavy (non-hydrogen) atoms. The van der Waals surface area contributed by atoms with Gasteiger partial charge in [0.1, 0.15) is 5.82 Å². The molecule has 3 atom stereocenters. The second-order valence-corrected chi connectivity index (χ2v) is 11.2. The first-order chi connectivity index (χ1) is 16.6. The van der Waals surface area contributed by atoms with Crippen LogP contribution in [0.25, 0.3) is 10.2 Å². The topological polar surface area (TPSA) is 88.4 Å². The van der Waals surface area contributed by atoms with Gasteiger partial charge >= 0.3 is 0 Å². The number of hydrogen-bond acceptors (Lipinski definition) is 8. The second kappa shape index (κ2) is 10.7. The molecule has 3 heterocycles. The Balaban J connectivity index is 1.20. The number of thioether (sulfide) groups is 1. The maximum atomic E-state index is 13.0. The SMILES string of the molecule is CSc1cnc(C[C@H]2CC[C@H](Cc3nc4ccc(C(=O)N5CCOC(CO)C5)cc4s3)C2)nc1. The number of rotatable bonds is 7. The normalized spacial score (nSPS) is 23.0. The van der Waals surface area contributed by atoms with E-state index in [0.29, 0.717) is 37.1 Å². The first-order valence-corrected chi connectivity index (χ1v) is 13.9. The van der Waals surface area contributed by atoms with Gasteiger partial charge in [0.2, 0.25) is 0 Å². The zero-order chi connectivity index (χ0) is 23.5. The fourth-order valence-corrected chi connectivity index (χ4v) is 6.43. The van der Waals surface area contributed by atoms with Crippen LogP contribution in [0.15, 0.2) is 35.5 Å². The van der Waals surface area contributed by atoms with Crippen molar-refractivity contribution in [3.63, 3.8) is 0 Å². The van der Waals surface area contributed by atoms with Crippen LogP contribution in [0.1, 0.15) is 40.5 Å². The van der Waals surface area contributed by atoms with Crippen molar-refractivity contribution in [3.05, 3.63) is 47.0 Å². The smallest absolute Gasteiger partial charge is 0.254 e. The molecule has 3 aromatic rings. The fraction of sp³-hybridized carbons (Fsp3) is 0.520. The van der Waals surface area contributed by atoms with E-state index in [-0.39, 0.29) is 18.6 Å². The molecular weight excluding hydrogens is 468 g/mol. The largest absolute Gasteiger partial charge is 0.394 e. The number of carbonyl (C=O) groups excluding carboxylic acids is 1. The molecule has 5 rings (SSSR count). The maximum Gasteiger partial charge on any atom is 0.254 e. The van der Waals surface area contributed by atoms with Crippen molar-refractivity contribution in [3.8, 4) is 0 Å². The predicted molar refractivity (Wildman–Crippen MR) is 134 cm³/mol. The lowest BCUT2D eigenvalue weighted by molar-refractivity contribution is -0.0447. The molecule has 180 valence electrons. The van der Waals surface area contributed by atoms with Gasteiger partial charge in [0, 0.05) is 48.8 Å². The van der Waals surface area contributed by atoms with Gasteiger partial charge in [-0.3, -0.25) is 4.79 Å². The Morgan fingerprint density at radius 3 is 2.79 bits per heavy atom. The van der Waals surface area contributed by atoms with E-state index in [0.717, 1.165) is 38.8 Å². The van der Waals surface area contributed by atoms with Gasteiger partial charge in [0.15, 0.2) is 0 Å². The number of ether oxygens (including phenoxy) is 1. The molecular formula is C25H30N4O3S2. The highest BCUT2D eigenvalue weighted by Gasteiger charge is 2.27. The van der Waals surface area contributed by atoms with Gasteiger partial charge in [-0.05, 0) is 55.6 Å². The molecule has 2 aromatic heterocycles. The van der Waals surface area contributed by atoms with Crippen LogP contribution < -0.4 is 0 Å². The van der Waals surface area contributed by atoms with E-state index < -0.39 is 0 Å². The van der Waals surface area contributed by atoms with Crippen LogP contribution in [-0.2, 0) is 17.6 Å². The molecule has 1 N–H and O–H groups in total. The van der Waals surface area contributed by atoms with Gasteiger partial charge in [0.25, 0.3) is 5.91 Å². The lowest BCUT2D eigenvalue weighted by Gasteiger charge is -2.32. The van der Waals surface area contributed by atoms with Gasteiger partial charge in [-0.2, -0.15) is 0 Å². The fourth-order valence-electron chi connectivity index (χ4n) is 5.00. The second-order valence-electron chi connectivity index (χ2n) is 9.21. The van der Waals surface area contributed by atoms with Crippen molar-refractivity contribution < 1.29 is 14.6 Å². The molecule has 0 radical (unpaired) electrons. The van der Waals surface area contributed by atoms with E-state index >= 15 is 0 Å². The van der Waals surface area contributed by atoms with Gasteiger partial charge in [-0.15, -0.1) is 23.1 Å². The number of hydrogen-bond donors (Lipinski definition) is 1. The van der Waals surface area contributed by atoms with Gasteiger partial charge < -0.3 is 14.7 Å². The van der Waals surface area contributed by atoms with Crippen molar-refractivity contribution in [1.82, 2.24) is 19.9 Å². The minimum absolute atomic E-state index is 0.00924. The highest BCUT2D eigenvalue weighted by Crippen LogP contribution is 2.36. The van der Waals surface area contributed by atoms with Gasteiger partial charge in [0.05, 0.1) is 34.5 Å². The third-order valence-corrected chi connectivity index (χ3v) is 8.53. The lowest BCUT2D eigenvalue weighted by atomic mass is 9.99. The summed E-state index contributed by atoms with van der Waals surface area (Å²) in [5, 5.41) is 10.5. The highest BCUT2D eigenvalue weighted by atomic mass is 32.2. The average Bonchev–Trinajstić information content (AvgIpc) is 3.49. The van der Waals surface area contributed by atoms with Crippen molar-refractivity contribution in [2.45, 2.75) is 43.1 Å². The maximum absolute atomic E-state index is 13.0. The number of benzene rings is 1. The molecule has 2 fully saturated rings. The van der Waals surface area contributed by atoms with Crippen molar-refractivity contribution in [2.24, 2.45) is 11.8 Å². The third-order valence-electron chi connectivity index (χ3n) is 6.81. The molecule has 1 aromatic carbocycles. The summed E-state index contributed by atoms with van der Waals surface area (Å²) in [6.07, 6.45) is 11.2. The summed E-state index contributed by atoms with van der Waals surface area (Å²) in [7, 11) is 0. The molecule has 0 bridgehead atoms. The Morgan fingerprint density at radius 1 is 1.24 bits per heavy atom. The highest BCUT2D eigenvalue weighted by molar-refractivity contribution is 7.98. The van der Waals surface area contributed by atoms with Gasteiger partial charge in [-0.1, -0.05) is 0 Å². The van der Waals surface area contributed by atoms with Crippen LogP contribution in [0.5, 0.6) is 0 Å². The van der Waals surface area contributed by atoms with Crippen LogP contribution >= 0.6 is 23.1 Å². The van der Waals surface area contributed by atoms with Crippen LogP contribution in [0.3, 0.4) is 0 Å². The zero-order valence-electron chi connectivity index (χ0n) is 19.4. The van der Waals surface area contributed by atoms with Crippen LogP contribution in [0, 0.1) is 11.8 Å². The van der Waals surface area contributed by atoms with Crippen molar-refractivity contribution in [2.75, 3.05) is 32.6 Å². The summed E-state index contributed by atoms with van der Waals surface area (Å²) >= 11 is 3.37. The predicted octanol–water partition coefficient (Wildman–Crippen LogP) is 3.84. The molecule has 1 unspecified atom stereocenters. The van der Waals surface area contributed by atoms with E-state index in [2.05, 4.69) is 9.97 Å². The Hall–Kier alpha value is -2.07. The summed E-state index contributed by atoms with van der Waals surface area (Å²) in [5.41, 5.74) is 1.64. The number of carbonyl (C=O) groups is 1. The number of fused-ring (bicyclic) bond motifs is 1. The minimum Gasteiger partial charge on any atom is -0.394 e. The third kappa shape index (κ3) is 5.43. The van der Waals surface area contributed by atoms with E-state index in [4.69, 9.17) is 9.72 Å². The van der Waals surface area contributed by atoms with E-state index in [1.54, 1.807) is 28.0 Å². The Bertz CT molecular complexity index is 1140. The summed E-state index contributed by atoms with van der Waals surface area (Å²) < 4.78 is 6.53. The number of morpholine rings is 1. The van der Waals surface area contributed by atoms with Crippen LogP contribution in [0.4, 0.5) is 0 Å². The minimum atomic E-state index is -0.298. The Kier molecular flexibility index (Phi) is 7.43. The number of thiazole rings is 1. The molecule has 9 heteroatoms. The van der Waals surface area contributed by atoms with Crippen molar-refractivity contribution >= 4 is 39.2 Å². The number of nitrogens with zero attached hydrogens (tertiary/aromatic N) is 4. The molecule has 2 aliphatic rings. The Labute approximate surface area is 208 Å². The standard InChI is InChI=1S/C25H30N4O3S2/c1-33-20-12-26-23(27-13-20)9-16-2-3-17(8-16)10-24-28-21-5-4-18(11-22(21)34-24)25(31)29-6-7-32-19(14-29)15-30/h4-5,11-13,16-17,19,30H,2-3,6-10,14-15H2,1H3/t16-,17-,19?/m0/s1. The molecule has 1 saturated carbocycles. The lowest BCUT2D eigenvalue weighted by Crippen LogP contribution is -2.46. The summed E-state index contributed by atoms with van der Waals surface area (Å²) in [5.74, 6) is 2.22. The van der Waals surface area contributed by atoms with E-state index in [1.165, 1.54) is 19.3 Å². The molecule has 1 aliphatic carbocycles. The van der Waals surface area contributed by atoms with Crippen molar-refractivity contribution in [1.29, 1.82) is 0 Å². The molecule has 7 nitrogen and oxygen atoms in total. The monoisotopic (exact) mass is 498 g/mol. The number of aliphatic hydroxyl groups excluding tert-OH is 1. The number of aliphatic hydroxyl groups is 1.